The summed E-state index contributed by atoms with van der Waals surface area (Å²) in [6, 6.07) is 0. The first kappa shape index (κ1) is 23.2. The maximum absolute atomic E-state index is 10.6. The molecule has 0 heterocycles. The second-order valence-electron chi connectivity index (χ2n) is 9.77. The molecule has 0 aromatic heterocycles. The Kier molecular flexibility index (Phi) is 8.81. The van der Waals surface area contributed by atoms with Gasteiger partial charge in [-0.15, -0.1) is 11.8 Å². The normalized spacial score (nSPS) is 28.4. The lowest BCUT2D eigenvalue weighted by Crippen LogP contribution is -2.27. The first-order valence-corrected chi connectivity index (χ1v) is 11.0. The molecule has 0 radical (unpaired) electrons. The number of allylic oxidation sites excluding steroid dienone is 2. The van der Waals surface area contributed by atoms with Crippen molar-refractivity contribution in [2.24, 2.45) is 23.2 Å². The smallest absolute Gasteiger partial charge is 0.0781 e. The Hall–Kier alpha value is -1.08. The summed E-state index contributed by atoms with van der Waals surface area (Å²) in [6.45, 7) is 7.10. The van der Waals surface area contributed by atoms with Gasteiger partial charge in [0.05, 0.1) is 12.2 Å². The van der Waals surface area contributed by atoms with Crippen molar-refractivity contribution >= 4 is 0 Å². The molecule has 5 atom stereocenters. The Morgan fingerprint density at radius 2 is 2.04 bits per heavy atom. The van der Waals surface area contributed by atoms with Gasteiger partial charge in [0.15, 0.2) is 0 Å². The van der Waals surface area contributed by atoms with Crippen LogP contribution in [0.25, 0.3) is 0 Å². The zero-order chi connectivity index (χ0) is 20.7. The van der Waals surface area contributed by atoms with Gasteiger partial charge in [-0.3, -0.25) is 0 Å². The third-order valence-electron chi connectivity index (χ3n) is 6.59. The van der Waals surface area contributed by atoms with E-state index in [0.717, 1.165) is 12.8 Å². The highest BCUT2D eigenvalue weighted by atomic mass is 16.3. The zero-order valence-corrected chi connectivity index (χ0v) is 18.6. The van der Waals surface area contributed by atoms with Crippen LogP contribution in [0, 0.1) is 35.0 Å². The molecular formula is C25H41NO2. The molecule has 158 valence electrons. The van der Waals surface area contributed by atoms with Crippen LogP contribution < -0.4 is 0 Å². The van der Waals surface area contributed by atoms with Crippen molar-refractivity contribution in [2.45, 2.75) is 77.9 Å². The van der Waals surface area contributed by atoms with Crippen molar-refractivity contribution in [1.82, 2.24) is 4.90 Å². The van der Waals surface area contributed by atoms with Crippen LogP contribution in [0.2, 0.25) is 0 Å². The number of aliphatic hydroxyl groups is 2. The molecule has 2 rings (SSSR count). The Morgan fingerprint density at radius 1 is 1.29 bits per heavy atom. The van der Waals surface area contributed by atoms with Crippen molar-refractivity contribution in [2.75, 3.05) is 20.6 Å². The summed E-state index contributed by atoms with van der Waals surface area (Å²) in [4.78, 5) is 2.25. The van der Waals surface area contributed by atoms with E-state index in [0.29, 0.717) is 18.3 Å². The van der Waals surface area contributed by atoms with Gasteiger partial charge in [-0.25, -0.2) is 0 Å². The third-order valence-corrected chi connectivity index (χ3v) is 6.59. The van der Waals surface area contributed by atoms with E-state index in [1.165, 1.54) is 32.2 Å². The lowest BCUT2D eigenvalue weighted by Gasteiger charge is -2.27. The van der Waals surface area contributed by atoms with Gasteiger partial charge in [-0.05, 0) is 71.5 Å². The molecule has 0 spiro atoms. The van der Waals surface area contributed by atoms with Gasteiger partial charge in [0.2, 0.25) is 0 Å². The monoisotopic (exact) mass is 387 g/mol. The van der Waals surface area contributed by atoms with E-state index in [4.69, 9.17) is 0 Å². The van der Waals surface area contributed by atoms with E-state index in [1.54, 1.807) is 5.57 Å². The van der Waals surface area contributed by atoms with Crippen LogP contribution in [0.4, 0.5) is 0 Å². The fourth-order valence-corrected chi connectivity index (χ4v) is 4.66. The molecule has 0 amide bonds. The molecular weight excluding hydrogens is 346 g/mol. The van der Waals surface area contributed by atoms with Gasteiger partial charge in [0.25, 0.3) is 0 Å². The van der Waals surface area contributed by atoms with E-state index in [-0.39, 0.29) is 17.4 Å². The van der Waals surface area contributed by atoms with Gasteiger partial charge in [-0.2, -0.15) is 0 Å². The molecule has 3 heteroatoms. The predicted octanol–water partition coefficient (Wildman–Crippen LogP) is 4.41. The third kappa shape index (κ3) is 6.48. The lowest BCUT2D eigenvalue weighted by atomic mass is 9.81. The maximum Gasteiger partial charge on any atom is 0.0781 e. The largest absolute Gasteiger partial charge is 0.392 e. The quantitative estimate of drug-likeness (QED) is 0.331. The minimum absolute atomic E-state index is 0.162. The number of fused-ring (bicyclic) bond motifs is 1. The minimum atomic E-state index is -0.537. The Labute approximate surface area is 172 Å². The Morgan fingerprint density at radius 3 is 2.71 bits per heavy atom. The standard InChI is InChI=1S/C25H41NO2/c1-6-7-14-25(2,3)24(28)13-12-21-22-17-19(16-20(22)18-23(21)27)11-9-8-10-15-26(4)5/h12-13,16,20-24,27-28H,8-11,14-15,17-18H2,1-5H3/t20-,21+,22-,23+,24-/m0/s1. The van der Waals surface area contributed by atoms with Crippen molar-refractivity contribution in [3.8, 4) is 11.8 Å². The number of unbranched alkanes of at least 4 members (excludes halogenated alkanes) is 2. The topological polar surface area (TPSA) is 43.7 Å². The molecule has 2 aliphatic rings. The molecule has 1 fully saturated rings. The van der Waals surface area contributed by atoms with Crippen LogP contribution in [0.5, 0.6) is 0 Å². The molecule has 0 bridgehead atoms. The average molecular weight is 388 g/mol. The van der Waals surface area contributed by atoms with Crippen molar-refractivity contribution < 1.29 is 10.2 Å². The van der Waals surface area contributed by atoms with E-state index >= 15 is 0 Å². The molecule has 2 N–H and O–H groups in total. The summed E-state index contributed by atoms with van der Waals surface area (Å²) in [5.74, 6) is 7.17. The van der Waals surface area contributed by atoms with Gasteiger partial charge in [0, 0.05) is 17.8 Å². The maximum atomic E-state index is 10.6. The van der Waals surface area contributed by atoms with E-state index in [1.807, 2.05) is 26.8 Å². The van der Waals surface area contributed by atoms with Crippen LogP contribution >= 0.6 is 0 Å². The zero-order valence-electron chi connectivity index (χ0n) is 18.6. The molecule has 0 saturated heterocycles. The van der Waals surface area contributed by atoms with Gasteiger partial charge in [-0.1, -0.05) is 44.1 Å². The predicted molar refractivity (Wildman–Crippen MR) is 118 cm³/mol. The highest BCUT2D eigenvalue weighted by Crippen LogP contribution is 2.48. The fourth-order valence-electron chi connectivity index (χ4n) is 4.66. The summed E-state index contributed by atoms with van der Waals surface area (Å²) in [7, 11) is 4.27. The van der Waals surface area contributed by atoms with Crippen LogP contribution in [0.15, 0.2) is 23.8 Å². The van der Waals surface area contributed by atoms with Crippen molar-refractivity contribution in [1.29, 1.82) is 0 Å². The molecule has 0 aliphatic heterocycles. The molecule has 0 aromatic rings. The molecule has 0 aromatic carbocycles. The molecule has 0 unspecified atom stereocenters. The summed E-state index contributed by atoms with van der Waals surface area (Å²) in [6.07, 6.45) is 13.3. The SMILES string of the molecule is CC#CCC(C)(C)[C@@H](O)C=C[C@@H]1[C@H]2CC(CCCCCN(C)C)=C[C@H]2C[C@H]1O. The summed E-state index contributed by atoms with van der Waals surface area (Å²) in [5.41, 5.74) is 1.32. The number of hydrogen-bond donors (Lipinski definition) is 2. The van der Waals surface area contributed by atoms with Crippen molar-refractivity contribution in [3.05, 3.63) is 23.8 Å². The molecule has 2 aliphatic carbocycles. The number of nitrogens with zero attached hydrogens (tertiary/aromatic N) is 1. The second kappa shape index (κ2) is 10.6. The Bertz CT molecular complexity index is 608. The summed E-state index contributed by atoms with van der Waals surface area (Å²) in [5, 5.41) is 21.1. The number of hydrogen-bond acceptors (Lipinski definition) is 3. The first-order valence-electron chi connectivity index (χ1n) is 11.0. The fraction of sp³-hybridized carbons (Fsp3) is 0.760. The van der Waals surface area contributed by atoms with E-state index < -0.39 is 6.10 Å². The average Bonchev–Trinajstić information content (AvgIpc) is 3.13. The lowest BCUT2D eigenvalue weighted by molar-refractivity contribution is 0.0923. The van der Waals surface area contributed by atoms with Crippen LogP contribution in [-0.4, -0.2) is 48.0 Å². The molecule has 28 heavy (non-hydrogen) atoms. The second-order valence-corrected chi connectivity index (χ2v) is 9.77. The van der Waals surface area contributed by atoms with Gasteiger partial charge < -0.3 is 15.1 Å². The summed E-state index contributed by atoms with van der Waals surface area (Å²) >= 11 is 0. The number of rotatable bonds is 10. The van der Waals surface area contributed by atoms with Gasteiger partial charge in [0.1, 0.15) is 0 Å². The van der Waals surface area contributed by atoms with E-state index in [2.05, 4.69) is 43.0 Å². The first-order chi connectivity index (χ1) is 13.2. The highest BCUT2D eigenvalue weighted by Gasteiger charge is 2.43. The van der Waals surface area contributed by atoms with Crippen LogP contribution in [-0.2, 0) is 0 Å². The number of aliphatic hydroxyl groups excluding tert-OH is 2. The Balaban J connectivity index is 1.85. The van der Waals surface area contributed by atoms with Crippen LogP contribution in [0.1, 0.15) is 65.7 Å². The minimum Gasteiger partial charge on any atom is -0.392 e. The van der Waals surface area contributed by atoms with E-state index in [9.17, 15) is 10.2 Å². The molecule has 3 nitrogen and oxygen atoms in total. The highest BCUT2D eigenvalue weighted by molar-refractivity contribution is 5.21. The van der Waals surface area contributed by atoms with Crippen molar-refractivity contribution in [3.63, 3.8) is 0 Å². The van der Waals surface area contributed by atoms with Crippen LogP contribution in [0.3, 0.4) is 0 Å². The summed E-state index contributed by atoms with van der Waals surface area (Å²) < 4.78 is 0. The molecule has 1 saturated carbocycles. The van der Waals surface area contributed by atoms with Gasteiger partial charge >= 0.3 is 0 Å².